The normalized spacial score (nSPS) is 27.3. The Morgan fingerprint density at radius 1 is 1.22 bits per heavy atom. The molecule has 0 spiro atoms. The second kappa shape index (κ2) is 10.3. The van der Waals surface area contributed by atoms with Gasteiger partial charge in [-0.15, -0.1) is 0 Å². The molecule has 132 valence electrons. The summed E-state index contributed by atoms with van der Waals surface area (Å²) in [5.74, 6) is -0.792. The van der Waals surface area contributed by atoms with Crippen LogP contribution in [0.15, 0.2) is 0 Å². The fraction of sp³-hybridized carbons (Fsp3) is 0.812. The Labute approximate surface area is 136 Å². The summed E-state index contributed by atoms with van der Waals surface area (Å²) < 4.78 is 21.8. The largest absolute Gasteiger partial charge is 0.463 e. The van der Waals surface area contributed by atoms with Crippen molar-refractivity contribution in [2.45, 2.75) is 65.0 Å². The molecule has 1 rings (SSSR count). The number of ether oxygens (including phenoxy) is 4. The van der Waals surface area contributed by atoms with Crippen LogP contribution in [0.3, 0.4) is 0 Å². The molecule has 0 radical (unpaired) electrons. The molecular weight excluding hydrogens is 304 g/mol. The number of aldehydes is 1. The summed E-state index contributed by atoms with van der Waals surface area (Å²) in [6, 6.07) is 0. The number of hydrogen-bond donors (Lipinski definition) is 0. The molecule has 0 N–H and O–H groups in total. The summed E-state index contributed by atoms with van der Waals surface area (Å²) in [6.45, 7) is 5.10. The molecule has 0 aromatic heterocycles. The Kier molecular flexibility index (Phi) is 8.79. The van der Waals surface area contributed by atoms with Gasteiger partial charge in [-0.2, -0.15) is 0 Å². The lowest BCUT2D eigenvalue weighted by molar-refractivity contribution is -0.251. The van der Waals surface area contributed by atoms with Crippen molar-refractivity contribution < 1.29 is 33.3 Å². The lowest BCUT2D eigenvalue weighted by Crippen LogP contribution is -2.49. The summed E-state index contributed by atoms with van der Waals surface area (Å²) in [5.41, 5.74) is 0. The molecule has 1 aliphatic heterocycles. The molecule has 0 aromatic rings. The number of unbranched alkanes of at least 4 members (excludes halogenated alkanes) is 2. The van der Waals surface area contributed by atoms with E-state index in [4.69, 9.17) is 18.9 Å². The first kappa shape index (κ1) is 19.6. The number of hydrogen-bond acceptors (Lipinski definition) is 7. The lowest BCUT2D eigenvalue weighted by atomic mass is 9.93. The van der Waals surface area contributed by atoms with Gasteiger partial charge in [0.15, 0.2) is 6.29 Å². The fourth-order valence-corrected chi connectivity index (χ4v) is 2.50. The molecule has 1 saturated heterocycles. The van der Waals surface area contributed by atoms with E-state index in [0.717, 1.165) is 19.1 Å². The van der Waals surface area contributed by atoms with Gasteiger partial charge in [-0.25, -0.2) is 0 Å². The maximum atomic E-state index is 11.2. The summed E-state index contributed by atoms with van der Waals surface area (Å²) in [6.07, 6.45) is 2.09. The van der Waals surface area contributed by atoms with E-state index in [1.807, 2.05) is 6.92 Å². The van der Waals surface area contributed by atoms with Gasteiger partial charge in [-0.1, -0.05) is 6.92 Å². The van der Waals surface area contributed by atoms with E-state index >= 15 is 0 Å². The summed E-state index contributed by atoms with van der Waals surface area (Å²) in [4.78, 5) is 32.5. The van der Waals surface area contributed by atoms with Crippen molar-refractivity contribution in [3.63, 3.8) is 0 Å². The van der Waals surface area contributed by atoms with E-state index in [0.29, 0.717) is 19.4 Å². The van der Waals surface area contributed by atoms with Crippen LogP contribution in [0.2, 0.25) is 0 Å². The Balaban J connectivity index is 2.53. The van der Waals surface area contributed by atoms with Gasteiger partial charge in [0.25, 0.3) is 0 Å². The lowest BCUT2D eigenvalue weighted by Gasteiger charge is -2.39. The van der Waals surface area contributed by atoms with Gasteiger partial charge in [0.2, 0.25) is 0 Å². The first-order valence-corrected chi connectivity index (χ1v) is 7.95. The predicted octanol–water partition coefficient (Wildman–Crippen LogP) is 1.62. The highest BCUT2D eigenvalue weighted by molar-refractivity contribution is 5.66. The molecule has 4 atom stereocenters. The van der Waals surface area contributed by atoms with Crippen molar-refractivity contribution in [1.82, 2.24) is 0 Å². The molecule has 0 amide bonds. The van der Waals surface area contributed by atoms with Crippen LogP contribution in [0.1, 0.15) is 46.5 Å². The third kappa shape index (κ3) is 7.56. The Morgan fingerprint density at radius 2 is 1.96 bits per heavy atom. The minimum absolute atomic E-state index is 0.0165. The molecule has 0 saturated carbocycles. The van der Waals surface area contributed by atoms with Gasteiger partial charge < -0.3 is 23.7 Å². The van der Waals surface area contributed by atoms with Crippen molar-refractivity contribution in [2.24, 2.45) is 5.92 Å². The SMILES string of the molecule is CC(=O)OCC1OC(OCCCCC=O)CC(C)C1OC(C)=O. The highest BCUT2D eigenvalue weighted by atomic mass is 16.7. The zero-order chi connectivity index (χ0) is 17.2. The third-order valence-electron chi connectivity index (χ3n) is 3.59. The van der Waals surface area contributed by atoms with Crippen LogP contribution in [0, 0.1) is 5.92 Å². The molecule has 23 heavy (non-hydrogen) atoms. The molecule has 1 aliphatic rings. The van der Waals surface area contributed by atoms with Crippen LogP contribution in [0.4, 0.5) is 0 Å². The summed E-state index contributed by atoms with van der Waals surface area (Å²) >= 11 is 0. The van der Waals surface area contributed by atoms with E-state index in [1.165, 1.54) is 13.8 Å². The first-order valence-electron chi connectivity index (χ1n) is 7.95. The highest BCUT2D eigenvalue weighted by Crippen LogP contribution is 2.29. The van der Waals surface area contributed by atoms with Gasteiger partial charge in [-0.3, -0.25) is 9.59 Å². The summed E-state index contributed by atoms with van der Waals surface area (Å²) in [7, 11) is 0. The maximum Gasteiger partial charge on any atom is 0.303 e. The fourth-order valence-electron chi connectivity index (χ4n) is 2.50. The van der Waals surface area contributed by atoms with E-state index in [-0.39, 0.29) is 12.5 Å². The van der Waals surface area contributed by atoms with E-state index in [2.05, 4.69) is 0 Å². The standard InChI is InChI=1S/C16H26O7/c1-11-9-15(20-8-6-4-5-7-17)23-14(10-21-12(2)18)16(11)22-13(3)19/h7,11,14-16H,4-6,8-10H2,1-3H3. The zero-order valence-corrected chi connectivity index (χ0v) is 14.0. The van der Waals surface area contributed by atoms with Crippen LogP contribution in [0.25, 0.3) is 0 Å². The second-order valence-electron chi connectivity index (χ2n) is 5.73. The average Bonchev–Trinajstić information content (AvgIpc) is 2.47. The maximum absolute atomic E-state index is 11.2. The molecule has 1 heterocycles. The molecule has 4 unspecified atom stereocenters. The first-order chi connectivity index (χ1) is 10.9. The Hall–Kier alpha value is -1.47. The summed E-state index contributed by atoms with van der Waals surface area (Å²) in [5, 5.41) is 0. The minimum Gasteiger partial charge on any atom is -0.463 e. The smallest absolute Gasteiger partial charge is 0.303 e. The highest BCUT2D eigenvalue weighted by Gasteiger charge is 2.39. The van der Waals surface area contributed by atoms with Crippen LogP contribution in [-0.4, -0.2) is 49.9 Å². The van der Waals surface area contributed by atoms with E-state index in [1.54, 1.807) is 0 Å². The van der Waals surface area contributed by atoms with Crippen LogP contribution >= 0.6 is 0 Å². The average molecular weight is 330 g/mol. The van der Waals surface area contributed by atoms with Crippen LogP contribution in [0.5, 0.6) is 0 Å². The van der Waals surface area contributed by atoms with Crippen molar-refractivity contribution >= 4 is 18.2 Å². The van der Waals surface area contributed by atoms with Gasteiger partial charge in [-0.05, 0) is 12.8 Å². The van der Waals surface area contributed by atoms with E-state index < -0.39 is 30.4 Å². The van der Waals surface area contributed by atoms with Crippen molar-refractivity contribution in [1.29, 1.82) is 0 Å². The van der Waals surface area contributed by atoms with E-state index in [9.17, 15) is 14.4 Å². The van der Waals surface area contributed by atoms with Crippen LogP contribution in [-0.2, 0) is 33.3 Å². The number of carbonyl (C=O) groups excluding carboxylic acids is 3. The van der Waals surface area contributed by atoms with Gasteiger partial charge >= 0.3 is 11.9 Å². The van der Waals surface area contributed by atoms with Crippen molar-refractivity contribution in [3.05, 3.63) is 0 Å². The van der Waals surface area contributed by atoms with Gasteiger partial charge in [0, 0.05) is 39.2 Å². The van der Waals surface area contributed by atoms with Crippen LogP contribution < -0.4 is 0 Å². The molecule has 0 bridgehead atoms. The second-order valence-corrected chi connectivity index (χ2v) is 5.73. The van der Waals surface area contributed by atoms with Crippen molar-refractivity contribution in [3.8, 4) is 0 Å². The Bertz CT molecular complexity index is 396. The molecule has 0 aromatic carbocycles. The topological polar surface area (TPSA) is 88.1 Å². The number of rotatable bonds is 9. The molecule has 7 nitrogen and oxygen atoms in total. The molecule has 7 heteroatoms. The Morgan fingerprint density at radius 3 is 2.57 bits per heavy atom. The predicted molar refractivity (Wildman–Crippen MR) is 80.5 cm³/mol. The molecular formula is C16H26O7. The molecule has 1 fully saturated rings. The van der Waals surface area contributed by atoms with Gasteiger partial charge in [0.1, 0.15) is 25.1 Å². The number of carbonyl (C=O) groups is 3. The van der Waals surface area contributed by atoms with Gasteiger partial charge in [0.05, 0.1) is 0 Å². The zero-order valence-electron chi connectivity index (χ0n) is 14.0. The van der Waals surface area contributed by atoms with Crippen molar-refractivity contribution in [2.75, 3.05) is 13.2 Å². The quantitative estimate of drug-likeness (QED) is 0.360. The molecule has 0 aliphatic carbocycles. The minimum atomic E-state index is -0.550. The number of esters is 2. The monoisotopic (exact) mass is 330 g/mol. The third-order valence-corrected chi connectivity index (χ3v) is 3.59.